The SMILES string of the molecule is N#Cc1ccc(-c2ccc(/C=C3/SC(=O)NC3=O)s2)cc1. The van der Waals surface area contributed by atoms with E-state index in [1.807, 2.05) is 24.3 Å². The highest BCUT2D eigenvalue weighted by Gasteiger charge is 2.25. The summed E-state index contributed by atoms with van der Waals surface area (Å²) in [7, 11) is 0. The first-order valence-electron chi connectivity index (χ1n) is 6.01. The van der Waals surface area contributed by atoms with Crippen LogP contribution in [-0.2, 0) is 4.79 Å². The highest BCUT2D eigenvalue weighted by Crippen LogP contribution is 2.32. The molecule has 102 valence electrons. The van der Waals surface area contributed by atoms with Crippen molar-refractivity contribution in [2.45, 2.75) is 0 Å². The summed E-state index contributed by atoms with van der Waals surface area (Å²) >= 11 is 2.44. The molecule has 1 N–H and O–H groups in total. The van der Waals surface area contributed by atoms with Crippen LogP contribution in [0.25, 0.3) is 16.5 Å². The second-order valence-electron chi connectivity index (χ2n) is 4.24. The number of carbonyl (C=O) groups is 2. The van der Waals surface area contributed by atoms with E-state index < -0.39 is 0 Å². The quantitative estimate of drug-likeness (QED) is 0.860. The summed E-state index contributed by atoms with van der Waals surface area (Å²) in [6.45, 7) is 0. The van der Waals surface area contributed by atoms with Crippen LogP contribution in [0.3, 0.4) is 0 Å². The summed E-state index contributed by atoms with van der Waals surface area (Å²) in [4.78, 5) is 25.0. The van der Waals surface area contributed by atoms with Crippen LogP contribution in [0.4, 0.5) is 4.79 Å². The predicted octanol–water partition coefficient (Wildman–Crippen LogP) is 3.61. The fourth-order valence-corrected chi connectivity index (χ4v) is 3.55. The van der Waals surface area contributed by atoms with Crippen LogP contribution in [0.2, 0.25) is 0 Å². The van der Waals surface area contributed by atoms with Crippen LogP contribution in [0, 0.1) is 11.3 Å². The molecular formula is C15H8N2O2S2. The lowest BCUT2D eigenvalue weighted by Crippen LogP contribution is -2.17. The third kappa shape index (κ3) is 2.89. The Morgan fingerprint density at radius 1 is 1.10 bits per heavy atom. The summed E-state index contributed by atoms with van der Waals surface area (Å²) in [6.07, 6.45) is 1.71. The van der Waals surface area contributed by atoms with E-state index >= 15 is 0 Å². The Hall–Kier alpha value is -2.36. The normalized spacial score (nSPS) is 16.0. The number of nitrogens with zero attached hydrogens (tertiary/aromatic N) is 1. The largest absolute Gasteiger partial charge is 0.290 e. The van der Waals surface area contributed by atoms with Crippen LogP contribution in [-0.4, -0.2) is 11.1 Å². The van der Waals surface area contributed by atoms with Crippen LogP contribution < -0.4 is 5.32 Å². The van der Waals surface area contributed by atoms with Crippen LogP contribution in [0.5, 0.6) is 0 Å². The van der Waals surface area contributed by atoms with Gasteiger partial charge in [-0.2, -0.15) is 5.26 Å². The van der Waals surface area contributed by atoms with Gasteiger partial charge in [-0.3, -0.25) is 14.9 Å². The Morgan fingerprint density at radius 2 is 1.86 bits per heavy atom. The first kappa shape index (κ1) is 13.6. The zero-order valence-corrected chi connectivity index (χ0v) is 12.3. The summed E-state index contributed by atoms with van der Waals surface area (Å²) in [6, 6.07) is 13.3. The van der Waals surface area contributed by atoms with Crippen molar-refractivity contribution in [1.29, 1.82) is 5.26 Å². The van der Waals surface area contributed by atoms with Crippen molar-refractivity contribution >= 4 is 40.3 Å². The molecule has 2 aromatic rings. The monoisotopic (exact) mass is 312 g/mol. The lowest BCUT2D eigenvalue weighted by atomic mass is 10.1. The van der Waals surface area contributed by atoms with Gasteiger partial charge in [-0.1, -0.05) is 12.1 Å². The van der Waals surface area contributed by atoms with E-state index in [9.17, 15) is 9.59 Å². The minimum absolute atomic E-state index is 0.338. The van der Waals surface area contributed by atoms with E-state index in [4.69, 9.17) is 5.26 Å². The lowest BCUT2D eigenvalue weighted by molar-refractivity contribution is -0.115. The Labute approximate surface area is 129 Å². The molecule has 4 nitrogen and oxygen atoms in total. The minimum Gasteiger partial charge on any atom is -0.282 e. The van der Waals surface area contributed by atoms with Crippen LogP contribution >= 0.6 is 23.1 Å². The number of thioether (sulfide) groups is 1. The number of nitriles is 1. The molecule has 6 heteroatoms. The van der Waals surface area contributed by atoms with Gasteiger partial charge < -0.3 is 0 Å². The number of thiophene rings is 1. The standard InChI is InChI=1S/C15H8N2O2S2/c16-8-9-1-3-10(4-2-9)12-6-5-11(20-12)7-13-14(18)17-15(19)21-13/h1-7H,(H,17,18,19)/b13-7+. The molecule has 21 heavy (non-hydrogen) atoms. The fraction of sp³-hybridized carbons (Fsp3) is 0. The maximum absolute atomic E-state index is 11.5. The Morgan fingerprint density at radius 3 is 2.48 bits per heavy atom. The summed E-state index contributed by atoms with van der Waals surface area (Å²) in [5.41, 5.74) is 1.64. The smallest absolute Gasteiger partial charge is 0.282 e. The Bertz CT molecular complexity index is 798. The summed E-state index contributed by atoms with van der Waals surface area (Å²) in [5.74, 6) is -0.349. The maximum Gasteiger partial charge on any atom is 0.290 e. The van der Waals surface area contributed by atoms with E-state index in [1.54, 1.807) is 18.2 Å². The molecule has 2 heterocycles. The first-order valence-corrected chi connectivity index (χ1v) is 7.64. The molecule has 0 saturated carbocycles. The third-order valence-electron chi connectivity index (χ3n) is 2.84. The van der Waals surface area contributed by atoms with Gasteiger partial charge in [0.05, 0.1) is 16.5 Å². The van der Waals surface area contributed by atoms with E-state index in [0.717, 1.165) is 27.1 Å². The van der Waals surface area contributed by atoms with Crippen molar-refractivity contribution < 1.29 is 9.59 Å². The summed E-state index contributed by atoms with van der Waals surface area (Å²) in [5, 5.41) is 10.7. The summed E-state index contributed by atoms with van der Waals surface area (Å²) < 4.78 is 0. The molecule has 1 aliphatic heterocycles. The van der Waals surface area contributed by atoms with Gasteiger partial charge in [0.15, 0.2) is 0 Å². The lowest BCUT2D eigenvalue weighted by Gasteiger charge is -1.96. The molecule has 1 aromatic carbocycles. The number of imide groups is 1. The van der Waals surface area contributed by atoms with Crippen LogP contribution in [0.15, 0.2) is 41.3 Å². The number of carbonyl (C=O) groups excluding carboxylic acids is 2. The van der Waals surface area contributed by atoms with Gasteiger partial charge in [-0.05, 0) is 47.7 Å². The zero-order valence-electron chi connectivity index (χ0n) is 10.6. The van der Waals surface area contributed by atoms with E-state index in [-0.39, 0.29) is 11.1 Å². The van der Waals surface area contributed by atoms with Gasteiger partial charge >= 0.3 is 0 Å². The highest BCUT2D eigenvalue weighted by molar-refractivity contribution is 8.18. The molecule has 0 radical (unpaired) electrons. The van der Waals surface area contributed by atoms with E-state index in [1.165, 1.54) is 11.3 Å². The fourth-order valence-electron chi connectivity index (χ4n) is 1.84. The highest BCUT2D eigenvalue weighted by atomic mass is 32.2. The van der Waals surface area contributed by atoms with Crippen molar-refractivity contribution in [2.24, 2.45) is 0 Å². The average Bonchev–Trinajstić information content (AvgIpc) is 3.07. The molecule has 1 aromatic heterocycles. The van der Waals surface area contributed by atoms with E-state index in [0.29, 0.717) is 10.5 Å². The molecule has 0 atom stereocenters. The number of rotatable bonds is 2. The van der Waals surface area contributed by atoms with Gasteiger partial charge in [-0.25, -0.2) is 0 Å². The maximum atomic E-state index is 11.5. The number of nitrogens with one attached hydrogen (secondary N) is 1. The van der Waals surface area contributed by atoms with E-state index in [2.05, 4.69) is 11.4 Å². The number of hydrogen-bond acceptors (Lipinski definition) is 5. The van der Waals surface area contributed by atoms with Crippen molar-refractivity contribution in [3.8, 4) is 16.5 Å². The number of benzene rings is 1. The molecule has 1 saturated heterocycles. The molecule has 1 aliphatic rings. The predicted molar refractivity (Wildman–Crippen MR) is 83.6 cm³/mol. The van der Waals surface area contributed by atoms with Gasteiger partial charge in [-0.15, -0.1) is 11.3 Å². The number of hydrogen-bond donors (Lipinski definition) is 1. The average molecular weight is 312 g/mol. The van der Waals surface area contributed by atoms with Crippen molar-refractivity contribution in [3.05, 3.63) is 51.7 Å². The van der Waals surface area contributed by atoms with Gasteiger partial charge in [0.25, 0.3) is 11.1 Å². The van der Waals surface area contributed by atoms with Crippen LogP contribution in [0.1, 0.15) is 10.4 Å². The zero-order chi connectivity index (χ0) is 14.8. The Kier molecular flexibility index (Phi) is 3.60. The molecule has 0 bridgehead atoms. The molecule has 1 fully saturated rings. The van der Waals surface area contributed by atoms with Gasteiger partial charge in [0, 0.05) is 9.75 Å². The minimum atomic E-state index is -0.349. The first-order chi connectivity index (χ1) is 10.2. The molecule has 0 unspecified atom stereocenters. The number of amides is 2. The molecule has 3 rings (SSSR count). The third-order valence-corrected chi connectivity index (χ3v) is 4.73. The Balaban J connectivity index is 1.86. The second kappa shape index (κ2) is 5.56. The van der Waals surface area contributed by atoms with Crippen molar-refractivity contribution in [1.82, 2.24) is 5.32 Å². The molecule has 0 aliphatic carbocycles. The molecular weight excluding hydrogens is 304 g/mol. The van der Waals surface area contributed by atoms with Gasteiger partial charge in [0.2, 0.25) is 0 Å². The topological polar surface area (TPSA) is 70.0 Å². The van der Waals surface area contributed by atoms with Crippen molar-refractivity contribution in [3.63, 3.8) is 0 Å². The second-order valence-corrected chi connectivity index (χ2v) is 6.37. The van der Waals surface area contributed by atoms with Gasteiger partial charge in [0.1, 0.15) is 0 Å². The molecule has 0 spiro atoms. The van der Waals surface area contributed by atoms with Crippen molar-refractivity contribution in [2.75, 3.05) is 0 Å². The molecule has 2 amide bonds.